The minimum Gasteiger partial charge on any atom is -0.329 e. The van der Waals surface area contributed by atoms with Gasteiger partial charge in [0.2, 0.25) is 0 Å². The highest BCUT2D eigenvalue weighted by Crippen LogP contribution is 2.26. The average molecular weight is 212 g/mol. The van der Waals surface area contributed by atoms with Crippen molar-refractivity contribution in [1.29, 1.82) is 0 Å². The summed E-state index contributed by atoms with van der Waals surface area (Å²) in [7, 11) is 0. The summed E-state index contributed by atoms with van der Waals surface area (Å²) in [5.41, 5.74) is 5.77. The zero-order valence-electron chi connectivity index (χ0n) is 9.21. The van der Waals surface area contributed by atoms with E-state index in [1.165, 1.54) is 4.88 Å². The highest BCUT2D eigenvalue weighted by Gasteiger charge is 2.21. The second kappa shape index (κ2) is 4.91. The molecule has 1 rings (SSSR count). The van der Waals surface area contributed by atoms with Crippen LogP contribution >= 0.6 is 11.3 Å². The van der Waals surface area contributed by atoms with Gasteiger partial charge < -0.3 is 11.1 Å². The summed E-state index contributed by atoms with van der Waals surface area (Å²) < 4.78 is 0. The van der Waals surface area contributed by atoms with Crippen LogP contribution in [0.2, 0.25) is 0 Å². The van der Waals surface area contributed by atoms with E-state index in [1.807, 2.05) is 11.3 Å². The lowest BCUT2D eigenvalue weighted by Crippen LogP contribution is -2.40. The Morgan fingerprint density at radius 1 is 1.57 bits per heavy atom. The Balaban J connectivity index is 2.50. The van der Waals surface area contributed by atoms with Crippen LogP contribution in [0, 0.1) is 0 Å². The number of hydrogen-bond acceptors (Lipinski definition) is 3. The third-order valence-electron chi connectivity index (χ3n) is 2.43. The maximum Gasteiger partial charge on any atom is 0.0162 e. The molecule has 0 amide bonds. The van der Waals surface area contributed by atoms with Gasteiger partial charge in [-0.25, -0.2) is 0 Å². The molecular formula is C11H20N2S. The van der Waals surface area contributed by atoms with Gasteiger partial charge in [-0.2, -0.15) is 0 Å². The van der Waals surface area contributed by atoms with Crippen LogP contribution in [0.3, 0.4) is 0 Å². The van der Waals surface area contributed by atoms with Crippen LogP contribution in [-0.2, 0) is 5.41 Å². The van der Waals surface area contributed by atoms with Crippen LogP contribution < -0.4 is 11.1 Å². The van der Waals surface area contributed by atoms with Gasteiger partial charge in [-0.3, -0.25) is 0 Å². The van der Waals surface area contributed by atoms with E-state index in [-0.39, 0.29) is 5.41 Å². The summed E-state index contributed by atoms with van der Waals surface area (Å²) in [5, 5.41) is 5.57. The third kappa shape index (κ3) is 3.08. The molecule has 0 spiro atoms. The minimum absolute atomic E-state index is 0.206. The second-order valence-corrected chi connectivity index (χ2v) is 5.33. The van der Waals surface area contributed by atoms with E-state index in [0.29, 0.717) is 12.6 Å². The van der Waals surface area contributed by atoms with Gasteiger partial charge in [0.05, 0.1) is 0 Å². The number of thiophene rings is 1. The summed E-state index contributed by atoms with van der Waals surface area (Å²) in [6, 6.07) is 4.70. The molecule has 1 aromatic rings. The first kappa shape index (κ1) is 11.7. The summed E-state index contributed by atoms with van der Waals surface area (Å²) >= 11 is 1.82. The molecule has 0 aromatic carbocycles. The zero-order valence-corrected chi connectivity index (χ0v) is 10.0. The molecule has 1 unspecified atom stereocenters. The van der Waals surface area contributed by atoms with Crippen molar-refractivity contribution >= 4 is 11.3 Å². The van der Waals surface area contributed by atoms with Gasteiger partial charge in [0.15, 0.2) is 0 Å². The first-order valence-corrected chi connectivity index (χ1v) is 5.91. The zero-order chi connectivity index (χ0) is 10.6. The van der Waals surface area contributed by atoms with Crippen molar-refractivity contribution in [1.82, 2.24) is 5.32 Å². The lowest BCUT2D eigenvalue weighted by atomic mass is 9.91. The average Bonchev–Trinajstić information content (AvgIpc) is 2.67. The molecule has 0 saturated heterocycles. The van der Waals surface area contributed by atoms with Gasteiger partial charge in [-0.15, -0.1) is 11.3 Å². The van der Waals surface area contributed by atoms with Crippen molar-refractivity contribution in [3.63, 3.8) is 0 Å². The van der Waals surface area contributed by atoms with Gasteiger partial charge in [0, 0.05) is 29.4 Å². The summed E-state index contributed by atoms with van der Waals surface area (Å²) in [6.07, 6.45) is 0. The molecule has 1 aromatic heterocycles. The van der Waals surface area contributed by atoms with Crippen LogP contribution in [-0.4, -0.2) is 19.1 Å². The highest BCUT2D eigenvalue weighted by molar-refractivity contribution is 7.10. The molecule has 14 heavy (non-hydrogen) atoms. The molecule has 2 nitrogen and oxygen atoms in total. The molecule has 0 saturated carbocycles. The third-order valence-corrected chi connectivity index (χ3v) is 3.67. The van der Waals surface area contributed by atoms with Crippen LogP contribution in [0.15, 0.2) is 17.5 Å². The highest BCUT2D eigenvalue weighted by atomic mass is 32.1. The van der Waals surface area contributed by atoms with E-state index in [9.17, 15) is 0 Å². The van der Waals surface area contributed by atoms with Crippen LogP contribution in [0.25, 0.3) is 0 Å². The Kier molecular flexibility index (Phi) is 4.11. The number of nitrogens with two attached hydrogens (primary N) is 1. The fourth-order valence-corrected chi connectivity index (χ4v) is 2.12. The van der Waals surface area contributed by atoms with E-state index in [2.05, 4.69) is 43.6 Å². The van der Waals surface area contributed by atoms with E-state index in [4.69, 9.17) is 5.73 Å². The molecule has 1 heterocycles. The van der Waals surface area contributed by atoms with E-state index >= 15 is 0 Å². The van der Waals surface area contributed by atoms with Crippen LogP contribution in [0.5, 0.6) is 0 Å². The summed E-state index contributed by atoms with van der Waals surface area (Å²) in [4.78, 5) is 1.43. The molecule has 0 fully saturated rings. The smallest absolute Gasteiger partial charge is 0.0162 e. The van der Waals surface area contributed by atoms with E-state index in [0.717, 1.165) is 6.54 Å². The molecule has 3 N–H and O–H groups in total. The fraction of sp³-hybridized carbons (Fsp3) is 0.636. The van der Waals surface area contributed by atoms with Crippen molar-refractivity contribution in [2.45, 2.75) is 32.2 Å². The molecule has 80 valence electrons. The van der Waals surface area contributed by atoms with E-state index in [1.54, 1.807) is 0 Å². The van der Waals surface area contributed by atoms with Crippen molar-refractivity contribution in [3.8, 4) is 0 Å². The summed E-state index contributed by atoms with van der Waals surface area (Å²) in [5.74, 6) is 0. The molecule has 0 radical (unpaired) electrons. The maximum atomic E-state index is 5.56. The first-order valence-electron chi connectivity index (χ1n) is 5.03. The molecule has 0 aliphatic heterocycles. The number of rotatable bonds is 5. The van der Waals surface area contributed by atoms with E-state index < -0.39 is 0 Å². The van der Waals surface area contributed by atoms with Crippen LogP contribution in [0.4, 0.5) is 0 Å². The predicted molar refractivity (Wildman–Crippen MR) is 63.9 cm³/mol. The lowest BCUT2D eigenvalue weighted by Gasteiger charge is -2.25. The van der Waals surface area contributed by atoms with Crippen molar-refractivity contribution in [3.05, 3.63) is 22.4 Å². The van der Waals surface area contributed by atoms with Gasteiger partial charge in [0.25, 0.3) is 0 Å². The van der Waals surface area contributed by atoms with Gasteiger partial charge in [-0.05, 0) is 18.4 Å². The topological polar surface area (TPSA) is 38.0 Å². The maximum absolute atomic E-state index is 5.56. The van der Waals surface area contributed by atoms with Crippen molar-refractivity contribution in [2.24, 2.45) is 5.73 Å². The molecule has 0 bridgehead atoms. The molecule has 0 aliphatic carbocycles. The Hall–Kier alpha value is -0.380. The van der Waals surface area contributed by atoms with Crippen LogP contribution in [0.1, 0.15) is 25.6 Å². The van der Waals surface area contributed by atoms with Gasteiger partial charge in [0.1, 0.15) is 0 Å². The Morgan fingerprint density at radius 3 is 2.79 bits per heavy atom. The SMILES string of the molecule is CC(CN)NCC(C)(C)c1cccs1. The Labute approximate surface area is 90.5 Å². The standard InChI is InChI=1S/C11H20N2S/c1-9(7-12)13-8-11(2,3)10-5-4-6-14-10/h4-6,9,13H,7-8,12H2,1-3H3. The molecular weight excluding hydrogens is 192 g/mol. The quantitative estimate of drug-likeness (QED) is 0.783. The Bertz CT molecular complexity index is 254. The monoisotopic (exact) mass is 212 g/mol. The minimum atomic E-state index is 0.206. The molecule has 1 atom stereocenters. The Morgan fingerprint density at radius 2 is 2.29 bits per heavy atom. The molecule has 0 aliphatic rings. The number of nitrogens with one attached hydrogen (secondary N) is 1. The largest absolute Gasteiger partial charge is 0.329 e. The first-order chi connectivity index (χ1) is 6.56. The second-order valence-electron chi connectivity index (χ2n) is 4.38. The van der Waals surface area contributed by atoms with Crippen molar-refractivity contribution in [2.75, 3.05) is 13.1 Å². The van der Waals surface area contributed by atoms with Crippen molar-refractivity contribution < 1.29 is 0 Å². The number of hydrogen-bond donors (Lipinski definition) is 2. The fourth-order valence-electron chi connectivity index (χ4n) is 1.26. The van der Waals surface area contributed by atoms with Gasteiger partial charge >= 0.3 is 0 Å². The normalized spacial score (nSPS) is 14.3. The molecule has 3 heteroatoms. The van der Waals surface area contributed by atoms with Gasteiger partial charge in [-0.1, -0.05) is 19.9 Å². The predicted octanol–water partition coefficient (Wildman–Crippen LogP) is 1.96. The summed E-state index contributed by atoms with van der Waals surface area (Å²) in [6.45, 7) is 8.31. The lowest BCUT2D eigenvalue weighted by molar-refractivity contribution is 0.438.